The molecule has 0 spiro atoms. The molecule has 0 radical (unpaired) electrons. The summed E-state index contributed by atoms with van der Waals surface area (Å²) in [5, 5.41) is 10.3. The zero-order valence-electron chi connectivity index (χ0n) is 8.51. The predicted octanol–water partition coefficient (Wildman–Crippen LogP) is 1.32. The van der Waals surface area contributed by atoms with E-state index >= 15 is 0 Å². The first kappa shape index (κ1) is 10.2. The fourth-order valence-corrected chi connectivity index (χ4v) is 1.51. The number of aromatic hydroxyl groups is 1. The Morgan fingerprint density at radius 1 is 1.31 bits per heavy atom. The molecule has 16 heavy (non-hydrogen) atoms. The maximum absolute atomic E-state index is 11.8. The van der Waals surface area contributed by atoms with Crippen LogP contribution in [0.25, 0.3) is 10.8 Å². The molecule has 1 N–H and O–H groups in total. The molecule has 0 aliphatic heterocycles. The van der Waals surface area contributed by atoms with Gasteiger partial charge in [0.1, 0.15) is 5.75 Å². The molecule has 0 amide bonds. The maximum atomic E-state index is 11.8. The van der Waals surface area contributed by atoms with Crippen LogP contribution in [0.5, 0.6) is 5.75 Å². The highest BCUT2D eigenvalue weighted by atomic mass is 16.5. The lowest BCUT2D eigenvalue weighted by Gasteiger charge is -2.06. The van der Waals surface area contributed by atoms with Gasteiger partial charge in [-0.1, -0.05) is 18.2 Å². The molecule has 0 bridgehead atoms. The third-order valence-electron chi connectivity index (χ3n) is 2.27. The van der Waals surface area contributed by atoms with Gasteiger partial charge in [0, 0.05) is 5.39 Å². The van der Waals surface area contributed by atoms with Gasteiger partial charge in [0.2, 0.25) is 0 Å². The minimum atomic E-state index is -0.828. The highest BCUT2D eigenvalue weighted by molar-refractivity contribution is 5.89. The van der Waals surface area contributed by atoms with Crippen molar-refractivity contribution in [3.8, 4) is 5.75 Å². The van der Waals surface area contributed by atoms with E-state index in [1.165, 1.54) is 13.2 Å². The van der Waals surface area contributed by atoms with Crippen LogP contribution in [0.15, 0.2) is 35.3 Å². The van der Waals surface area contributed by atoms with Gasteiger partial charge in [-0.3, -0.25) is 4.79 Å². The van der Waals surface area contributed by atoms with Gasteiger partial charge in [-0.05, 0) is 6.07 Å². The van der Waals surface area contributed by atoms with Gasteiger partial charge in [-0.15, -0.1) is 0 Å². The van der Waals surface area contributed by atoms with Crippen molar-refractivity contribution in [2.24, 2.45) is 0 Å². The largest absolute Gasteiger partial charge is 0.506 e. The van der Waals surface area contributed by atoms with Crippen molar-refractivity contribution < 1.29 is 14.6 Å². The van der Waals surface area contributed by atoms with E-state index in [0.717, 1.165) is 10.8 Å². The Bertz CT molecular complexity index is 615. The van der Waals surface area contributed by atoms with E-state index < -0.39 is 11.7 Å². The Balaban J connectivity index is 2.86. The number of methoxy groups -OCH3 is 1. The van der Waals surface area contributed by atoms with Gasteiger partial charge in [-0.2, -0.15) is 0 Å². The van der Waals surface area contributed by atoms with Crippen molar-refractivity contribution >= 4 is 16.9 Å². The normalized spacial score (nSPS) is 10.3. The summed E-state index contributed by atoms with van der Waals surface area (Å²) < 4.78 is 5.17. The molecule has 82 valence electrons. The first-order valence-electron chi connectivity index (χ1n) is 4.57. The van der Waals surface area contributed by atoms with Gasteiger partial charge < -0.3 is 9.84 Å². The number of rotatable bonds is 0. The molecule has 1 aromatic carbocycles. The summed E-state index contributed by atoms with van der Waals surface area (Å²) in [6, 6.07) is 6.50. The monoisotopic (exact) mass is 219 g/mol. The summed E-state index contributed by atoms with van der Waals surface area (Å²) in [6.07, 6.45) is 0.224. The summed E-state index contributed by atoms with van der Waals surface area (Å²) in [4.78, 5) is 23.1. The molecule has 0 atom stereocenters. The third kappa shape index (κ3) is 1.42. The van der Waals surface area contributed by atoms with E-state index in [9.17, 15) is 14.7 Å². The van der Waals surface area contributed by atoms with Gasteiger partial charge in [0.15, 0.2) is 0 Å². The number of ether oxygens (including phenoxy) is 1. The number of nitrogens with zero attached hydrogens (tertiary/aromatic N) is 1. The Hall–Kier alpha value is -2.30. The number of hydrogen-bond donors (Lipinski definition) is 1. The first-order valence-corrected chi connectivity index (χ1v) is 4.57. The van der Waals surface area contributed by atoms with Gasteiger partial charge in [0.25, 0.3) is 5.56 Å². The SMILES string of the molecule is COC(=O)n1cc(O)c2ccccc2c1=O. The summed E-state index contributed by atoms with van der Waals surface area (Å²) in [5.74, 6) is -0.138. The standard InChI is InChI=1S/C11H9NO4/c1-16-11(15)12-6-9(13)7-4-2-3-5-8(7)10(12)14/h2-6,13H,1H3. The topological polar surface area (TPSA) is 68.5 Å². The van der Waals surface area contributed by atoms with Crippen molar-refractivity contribution in [3.63, 3.8) is 0 Å². The molecule has 0 saturated carbocycles. The van der Waals surface area contributed by atoms with Crippen LogP contribution in [0.3, 0.4) is 0 Å². The summed E-state index contributed by atoms with van der Waals surface area (Å²) in [5.41, 5.74) is -0.514. The van der Waals surface area contributed by atoms with E-state index in [2.05, 4.69) is 4.74 Å². The number of hydrogen-bond acceptors (Lipinski definition) is 4. The van der Waals surface area contributed by atoms with Crippen molar-refractivity contribution in [3.05, 3.63) is 40.8 Å². The fraction of sp³-hybridized carbons (Fsp3) is 0.0909. The second-order valence-corrected chi connectivity index (χ2v) is 3.21. The molecule has 2 aromatic rings. The molecule has 0 fully saturated rings. The summed E-state index contributed by atoms with van der Waals surface area (Å²) in [6.45, 7) is 0. The van der Waals surface area contributed by atoms with Crippen molar-refractivity contribution in [2.75, 3.05) is 7.11 Å². The minimum absolute atomic E-state index is 0.138. The Morgan fingerprint density at radius 2 is 1.94 bits per heavy atom. The molecule has 0 aliphatic carbocycles. The van der Waals surface area contributed by atoms with Crippen LogP contribution in [0.4, 0.5) is 4.79 Å². The molecule has 0 saturated heterocycles. The van der Waals surface area contributed by atoms with Crippen LogP contribution in [0.2, 0.25) is 0 Å². The summed E-state index contributed by atoms with van der Waals surface area (Å²) in [7, 11) is 1.17. The minimum Gasteiger partial charge on any atom is -0.506 e. The quantitative estimate of drug-likeness (QED) is 0.725. The van der Waals surface area contributed by atoms with Crippen molar-refractivity contribution in [2.45, 2.75) is 0 Å². The molecule has 0 aliphatic rings. The second kappa shape index (κ2) is 3.69. The lowest BCUT2D eigenvalue weighted by molar-refractivity contribution is 0.171. The number of carbonyl (C=O) groups excluding carboxylic acids is 1. The van der Waals surface area contributed by atoms with Crippen LogP contribution >= 0.6 is 0 Å². The smallest absolute Gasteiger partial charge is 0.420 e. The third-order valence-corrected chi connectivity index (χ3v) is 2.27. The zero-order chi connectivity index (χ0) is 11.7. The Morgan fingerprint density at radius 3 is 2.56 bits per heavy atom. The Kier molecular flexibility index (Phi) is 2.36. The number of carbonyl (C=O) groups is 1. The average molecular weight is 219 g/mol. The Labute approximate surface area is 90.5 Å². The summed E-state index contributed by atoms with van der Waals surface area (Å²) >= 11 is 0. The second-order valence-electron chi connectivity index (χ2n) is 3.21. The number of fused-ring (bicyclic) bond motifs is 1. The highest BCUT2D eigenvalue weighted by Crippen LogP contribution is 2.20. The van der Waals surface area contributed by atoms with Crippen LogP contribution in [0, 0.1) is 0 Å². The zero-order valence-corrected chi connectivity index (χ0v) is 8.51. The van der Waals surface area contributed by atoms with E-state index in [1.54, 1.807) is 18.2 Å². The predicted molar refractivity (Wildman–Crippen MR) is 57.7 cm³/mol. The van der Waals surface area contributed by atoms with Crippen LogP contribution in [-0.2, 0) is 4.74 Å². The van der Waals surface area contributed by atoms with E-state index in [0.29, 0.717) is 5.39 Å². The van der Waals surface area contributed by atoms with Crippen LogP contribution < -0.4 is 5.56 Å². The molecule has 5 nitrogen and oxygen atoms in total. The maximum Gasteiger partial charge on any atom is 0.420 e. The molecule has 0 unspecified atom stereocenters. The molecule has 1 heterocycles. The van der Waals surface area contributed by atoms with Crippen molar-refractivity contribution in [1.82, 2.24) is 4.57 Å². The van der Waals surface area contributed by atoms with Gasteiger partial charge >= 0.3 is 6.09 Å². The number of benzene rings is 1. The molecule has 5 heteroatoms. The van der Waals surface area contributed by atoms with Gasteiger partial charge in [0.05, 0.1) is 18.7 Å². The number of pyridine rings is 1. The highest BCUT2D eigenvalue weighted by Gasteiger charge is 2.12. The number of aromatic nitrogens is 1. The molecular weight excluding hydrogens is 210 g/mol. The van der Waals surface area contributed by atoms with Crippen molar-refractivity contribution in [1.29, 1.82) is 0 Å². The average Bonchev–Trinajstić information content (AvgIpc) is 2.33. The van der Waals surface area contributed by atoms with Crippen LogP contribution in [0.1, 0.15) is 0 Å². The fourth-order valence-electron chi connectivity index (χ4n) is 1.51. The molecule has 2 rings (SSSR count). The lowest BCUT2D eigenvalue weighted by atomic mass is 10.1. The van der Waals surface area contributed by atoms with Gasteiger partial charge in [-0.25, -0.2) is 9.36 Å². The van der Waals surface area contributed by atoms with E-state index in [-0.39, 0.29) is 11.1 Å². The van der Waals surface area contributed by atoms with Crippen LogP contribution in [-0.4, -0.2) is 22.9 Å². The molecule has 1 aromatic heterocycles. The first-order chi connectivity index (χ1) is 7.65. The molecular formula is C11H9NO4. The van der Waals surface area contributed by atoms with E-state index in [4.69, 9.17) is 0 Å². The lowest BCUT2D eigenvalue weighted by Crippen LogP contribution is -2.26. The van der Waals surface area contributed by atoms with E-state index in [1.807, 2.05) is 0 Å².